The molecule has 0 radical (unpaired) electrons. The molecule has 3 rings (SSSR count). The lowest BCUT2D eigenvalue weighted by molar-refractivity contribution is 0.0962. The maximum atomic E-state index is 12.2. The first-order chi connectivity index (χ1) is 11.2. The molecule has 23 heavy (non-hydrogen) atoms. The van der Waals surface area contributed by atoms with E-state index < -0.39 is 0 Å². The average Bonchev–Trinajstić information content (AvgIpc) is 2.61. The van der Waals surface area contributed by atoms with Gasteiger partial charge in [0.2, 0.25) is 5.95 Å². The van der Waals surface area contributed by atoms with Crippen LogP contribution in [-0.2, 0) is 0 Å². The normalized spacial score (nSPS) is 15.6. The van der Waals surface area contributed by atoms with E-state index in [0.717, 1.165) is 44.2 Å². The summed E-state index contributed by atoms with van der Waals surface area (Å²) in [7, 11) is 0. The molecule has 0 bridgehead atoms. The number of anilines is 1. The number of ketones is 1. The number of aromatic nitrogens is 2. The Balaban J connectivity index is 1.46. The summed E-state index contributed by atoms with van der Waals surface area (Å²) >= 11 is 5.84. The predicted octanol–water partition coefficient (Wildman–Crippen LogP) is 2.53. The van der Waals surface area contributed by atoms with Crippen LogP contribution in [0.1, 0.15) is 16.8 Å². The number of piperazine rings is 1. The molecular weight excluding hydrogens is 312 g/mol. The van der Waals surface area contributed by atoms with Crippen LogP contribution >= 0.6 is 11.6 Å². The molecule has 1 aromatic carbocycles. The maximum Gasteiger partial charge on any atom is 0.225 e. The number of carbonyl (C=O) groups excluding carboxylic acids is 1. The highest BCUT2D eigenvalue weighted by atomic mass is 35.5. The van der Waals surface area contributed by atoms with Gasteiger partial charge in [-0.25, -0.2) is 9.97 Å². The van der Waals surface area contributed by atoms with E-state index in [4.69, 9.17) is 11.6 Å². The molecule has 0 saturated carbocycles. The lowest BCUT2D eigenvalue weighted by Gasteiger charge is -2.34. The zero-order valence-corrected chi connectivity index (χ0v) is 13.6. The van der Waals surface area contributed by atoms with Gasteiger partial charge in [0.05, 0.1) is 0 Å². The van der Waals surface area contributed by atoms with Crippen molar-refractivity contribution >= 4 is 23.3 Å². The summed E-state index contributed by atoms with van der Waals surface area (Å²) in [4.78, 5) is 25.2. The number of benzene rings is 1. The second kappa shape index (κ2) is 7.53. The van der Waals surface area contributed by atoms with Crippen LogP contribution in [0.25, 0.3) is 0 Å². The Bertz CT molecular complexity index is 639. The predicted molar refractivity (Wildman–Crippen MR) is 91.1 cm³/mol. The summed E-state index contributed by atoms with van der Waals surface area (Å²) in [6.45, 7) is 4.40. The van der Waals surface area contributed by atoms with Gasteiger partial charge < -0.3 is 4.90 Å². The van der Waals surface area contributed by atoms with Gasteiger partial charge in [0, 0.05) is 62.1 Å². The van der Waals surface area contributed by atoms with E-state index in [1.807, 2.05) is 6.07 Å². The summed E-state index contributed by atoms with van der Waals surface area (Å²) in [6, 6.07) is 8.91. The third kappa shape index (κ3) is 4.27. The standard InChI is InChI=1S/C17H19ClN4O/c18-15-4-2-14(3-5-15)16(23)6-9-21-10-12-22(13-11-21)17-19-7-1-8-20-17/h1-5,7-8H,6,9-13H2. The van der Waals surface area contributed by atoms with Crippen molar-refractivity contribution in [1.82, 2.24) is 14.9 Å². The minimum Gasteiger partial charge on any atom is -0.338 e. The van der Waals surface area contributed by atoms with Crippen molar-refractivity contribution in [3.05, 3.63) is 53.3 Å². The summed E-state index contributed by atoms with van der Waals surface area (Å²) in [5, 5.41) is 0.654. The molecule has 1 aromatic heterocycles. The molecular formula is C17H19ClN4O. The van der Waals surface area contributed by atoms with Crippen LogP contribution in [0.2, 0.25) is 5.02 Å². The topological polar surface area (TPSA) is 49.3 Å². The Hall–Kier alpha value is -1.98. The number of Topliss-reactive ketones (excluding diaryl/α,β-unsaturated/α-hetero) is 1. The molecule has 0 aliphatic carbocycles. The Kier molecular flexibility index (Phi) is 5.20. The molecule has 1 saturated heterocycles. The number of hydrogen-bond acceptors (Lipinski definition) is 5. The van der Waals surface area contributed by atoms with E-state index >= 15 is 0 Å². The van der Waals surface area contributed by atoms with E-state index in [2.05, 4.69) is 19.8 Å². The molecule has 1 aliphatic rings. The third-order valence-electron chi connectivity index (χ3n) is 4.03. The quantitative estimate of drug-likeness (QED) is 0.788. The van der Waals surface area contributed by atoms with E-state index in [0.29, 0.717) is 11.4 Å². The smallest absolute Gasteiger partial charge is 0.225 e. The van der Waals surface area contributed by atoms with Crippen molar-refractivity contribution in [3.63, 3.8) is 0 Å². The molecule has 2 heterocycles. The summed E-state index contributed by atoms with van der Waals surface area (Å²) < 4.78 is 0. The van der Waals surface area contributed by atoms with Gasteiger partial charge in [-0.05, 0) is 30.3 Å². The molecule has 0 N–H and O–H groups in total. The Morgan fingerprint density at radius 2 is 1.70 bits per heavy atom. The molecule has 2 aromatic rings. The second-order valence-electron chi connectivity index (χ2n) is 5.56. The van der Waals surface area contributed by atoms with Crippen LogP contribution in [0.3, 0.4) is 0 Å². The lowest BCUT2D eigenvalue weighted by atomic mass is 10.1. The van der Waals surface area contributed by atoms with Gasteiger partial charge in [-0.15, -0.1) is 0 Å². The zero-order chi connectivity index (χ0) is 16.1. The lowest BCUT2D eigenvalue weighted by Crippen LogP contribution is -2.47. The van der Waals surface area contributed by atoms with Crippen LogP contribution in [-0.4, -0.2) is 53.4 Å². The Labute approximate surface area is 140 Å². The van der Waals surface area contributed by atoms with Gasteiger partial charge in [-0.3, -0.25) is 9.69 Å². The highest BCUT2D eigenvalue weighted by Gasteiger charge is 2.19. The van der Waals surface area contributed by atoms with Gasteiger partial charge in [-0.1, -0.05) is 11.6 Å². The average molecular weight is 331 g/mol. The molecule has 5 nitrogen and oxygen atoms in total. The summed E-state index contributed by atoms with van der Waals surface area (Å²) in [5.74, 6) is 0.944. The van der Waals surface area contributed by atoms with Crippen molar-refractivity contribution in [2.24, 2.45) is 0 Å². The number of halogens is 1. The first-order valence-corrected chi connectivity index (χ1v) is 8.13. The Morgan fingerprint density at radius 1 is 1.04 bits per heavy atom. The van der Waals surface area contributed by atoms with E-state index in [1.54, 1.807) is 36.7 Å². The fourth-order valence-corrected chi connectivity index (χ4v) is 2.79. The fraction of sp³-hybridized carbons (Fsp3) is 0.353. The number of rotatable bonds is 5. The van der Waals surface area contributed by atoms with E-state index in [1.165, 1.54) is 0 Å². The van der Waals surface area contributed by atoms with Crippen LogP contribution in [0.4, 0.5) is 5.95 Å². The SMILES string of the molecule is O=C(CCN1CCN(c2ncccn2)CC1)c1ccc(Cl)cc1. The largest absolute Gasteiger partial charge is 0.338 e. The fourth-order valence-electron chi connectivity index (χ4n) is 2.67. The summed E-state index contributed by atoms with van der Waals surface area (Å²) in [5.41, 5.74) is 0.728. The van der Waals surface area contributed by atoms with Crippen molar-refractivity contribution < 1.29 is 4.79 Å². The minimum absolute atomic E-state index is 0.162. The molecule has 120 valence electrons. The second-order valence-corrected chi connectivity index (χ2v) is 5.99. The van der Waals surface area contributed by atoms with Crippen molar-refractivity contribution in [2.75, 3.05) is 37.6 Å². The van der Waals surface area contributed by atoms with Crippen molar-refractivity contribution in [2.45, 2.75) is 6.42 Å². The molecule has 6 heteroatoms. The van der Waals surface area contributed by atoms with Gasteiger partial charge in [0.1, 0.15) is 0 Å². The highest BCUT2D eigenvalue weighted by Crippen LogP contribution is 2.13. The Morgan fingerprint density at radius 3 is 2.35 bits per heavy atom. The minimum atomic E-state index is 0.162. The van der Waals surface area contributed by atoms with Gasteiger partial charge in [-0.2, -0.15) is 0 Å². The highest BCUT2D eigenvalue weighted by molar-refractivity contribution is 6.30. The molecule has 0 amide bonds. The van der Waals surface area contributed by atoms with Crippen LogP contribution < -0.4 is 4.90 Å². The zero-order valence-electron chi connectivity index (χ0n) is 12.9. The summed E-state index contributed by atoms with van der Waals surface area (Å²) in [6.07, 6.45) is 4.06. The van der Waals surface area contributed by atoms with Gasteiger partial charge >= 0.3 is 0 Å². The first-order valence-electron chi connectivity index (χ1n) is 7.75. The molecule has 1 aliphatic heterocycles. The van der Waals surface area contributed by atoms with Crippen molar-refractivity contribution in [3.8, 4) is 0 Å². The van der Waals surface area contributed by atoms with Crippen LogP contribution in [0.15, 0.2) is 42.7 Å². The van der Waals surface area contributed by atoms with Crippen molar-refractivity contribution in [1.29, 1.82) is 0 Å². The molecule has 0 spiro atoms. The maximum absolute atomic E-state index is 12.2. The van der Waals surface area contributed by atoms with E-state index in [9.17, 15) is 4.79 Å². The van der Waals surface area contributed by atoms with Crippen LogP contribution in [0, 0.1) is 0 Å². The van der Waals surface area contributed by atoms with Gasteiger partial charge in [0.25, 0.3) is 0 Å². The van der Waals surface area contributed by atoms with Gasteiger partial charge in [0.15, 0.2) is 5.78 Å². The van der Waals surface area contributed by atoms with E-state index in [-0.39, 0.29) is 5.78 Å². The van der Waals surface area contributed by atoms with Crippen LogP contribution in [0.5, 0.6) is 0 Å². The number of carbonyl (C=O) groups is 1. The molecule has 0 atom stereocenters. The number of hydrogen-bond donors (Lipinski definition) is 0. The molecule has 1 fully saturated rings. The monoisotopic (exact) mass is 330 g/mol. The molecule has 0 unspecified atom stereocenters. The third-order valence-corrected chi connectivity index (χ3v) is 4.28. The first kappa shape index (κ1) is 15.9. The number of nitrogens with zero attached hydrogens (tertiary/aromatic N) is 4.